The van der Waals surface area contributed by atoms with Crippen LogP contribution in [-0.2, 0) is 19.9 Å². The maximum Gasteiger partial charge on any atom is 0.432 e. The van der Waals surface area contributed by atoms with Crippen LogP contribution in [0.25, 0.3) is 0 Å². The fraction of sp³-hybridized carbons (Fsp3) is 0.650. The molecular weight excluding hydrogens is 345 g/mol. The zero-order valence-electron chi connectivity index (χ0n) is 15.5. The van der Waals surface area contributed by atoms with Gasteiger partial charge in [-0.25, -0.2) is 4.79 Å². The van der Waals surface area contributed by atoms with E-state index in [1.54, 1.807) is 6.07 Å². The van der Waals surface area contributed by atoms with Gasteiger partial charge in [0.15, 0.2) is 0 Å². The Kier molecular flexibility index (Phi) is 4.62. The Bertz CT molecular complexity index is 671. The van der Waals surface area contributed by atoms with Gasteiger partial charge in [-0.1, -0.05) is 51.1 Å². The second-order valence-corrected chi connectivity index (χ2v) is 8.22. The number of halogens is 3. The van der Waals surface area contributed by atoms with Gasteiger partial charge in [-0.2, -0.15) is 13.2 Å². The molecule has 2 fully saturated rings. The summed E-state index contributed by atoms with van der Waals surface area (Å²) in [7, 11) is 0.898. The number of fused-ring (bicyclic) bond motifs is 1. The van der Waals surface area contributed by atoms with Crippen molar-refractivity contribution in [3.8, 4) is 0 Å². The lowest BCUT2D eigenvalue weighted by Crippen LogP contribution is -2.53. The molecule has 1 aromatic carbocycles. The molecular formula is C20H25F3O3. The van der Waals surface area contributed by atoms with Gasteiger partial charge in [-0.3, -0.25) is 0 Å². The number of carbonyl (C=O) groups is 1. The van der Waals surface area contributed by atoms with Crippen LogP contribution in [0.3, 0.4) is 0 Å². The highest BCUT2D eigenvalue weighted by Crippen LogP contribution is 2.66. The van der Waals surface area contributed by atoms with Crippen LogP contribution in [0.4, 0.5) is 13.2 Å². The molecule has 0 spiro atoms. The molecule has 2 saturated carbocycles. The first-order valence-corrected chi connectivity index (χ1v) is 8.94. The molecule has 0 heterocycles. The van der Waals surface area contributed by atoms with Crippen LogP contribution in [0, 0.1) is 23.2 Å². The van der Waals surface area contributed by atoms with E-state index in [0.29, 0.717) is 18.3 Å². The second-order valence-electron chi connectivity index (χ2n) is 8.22. The van der Waals surface area contributed by atoms with Crippen LogP contribution in [-0.4, -0.2) is 25.4 Å². The monoisotopic (exact) mass is 370 g/mol. The third-order valence-corrected chi connectivity index (χ3v) is 6.26. The molecule has 0 saturated heterocycles. The minimum atomic E-state index is -4.93. The van der Waals surface area contributed by atoms with Crippen molar-refractivity contribution >= 4 is 5.97 Å². The van der Waals surface area contributed by atoms with Crippen LogP contribution < -0.4 is 0 Å². The molecule has 3 nitrogen and oxygen atoms in total. The van der Waals surface area contributed by atoms with Crippen molar-refractivity contribution in [3.63, 3.8) is 0 Å². The quantitative estimate of drug-likeness (QED) is 0.721. The van der Waals surface area contributed by atoms with Gasteiger partial charge in [0.05, 0.1) is 0 Å². The maximum absolute atomic E-state index is 14.0. The molecule has 0 bridgehead atoms. The summed E-state index contributed by atoms with van der Waals surface area (Å²) in [6.07, 6.45) is -3.83. The molecule has 144 valence electrons. The van der Waals surface area contributed by atoms with E-state index in [1.165, 1.54) is 24.3 Å². The molecule has 2 aliphatic rings. The first-order valence-electron chi connectivity index (χ1n) is 8.94. The van der Waals surface area contributed by atoms with Crippen molar-refractivity contribution in [1.29, 1.82) is 0 Å². The Morgan fingerprint density at radius 2 is 1.77 bits per heavy atom. The molecule has 5 atom stereocenters. The average Bonchev–Trinajstić information content (AvgIpc) is 3.09. The largest absolute Gasteiger partial charge is 0.459 e. The van der Waals surface area contributed by atoms with Gasteiger partial charge in [-0.05, 0) is 30.1 Å². The minimum Gasteiger partial charge on any atom is -0.459 e. The Morgan fingerprint density at radius 1 is 1.15 bits per heavy atom. The summed E-state index contributed by atoms with van der Waals surface area (Å²) in [5, 5.41) is 0. The van der Waals surface area contributed by atoms with E-state index < -0.39 is 23.9 Å². The number of hydrogen-bond donors (Lipinski definition) is 0. The van der Waals surface area contributed by atoms with Crippen molar-refractivity contribution in [2.75, 3.05) is 7.11 Å². The normalized spacial score (nSPS) is 32.3. The Balaban J connectivity index is 1.92. The van der Waals surface area contributed by atoms with Crippen LogP contribution in [0.2, 0.25) is 0 Å². The van der Waals surface area contributed by atoms with Gasteiger partial charge in [-0.15, -0.1) is 0 Å². The number of carbonyl (C=O) groups excluding carboxylic acids is 1. The standard InChI is InChI=1S/C20H25F3O3/c1-12-10-14-16(18(14,2)3)15(11-12)26-17(24)19(25-4,20(21,22)23)13-8-6-5-7-9-13/h5-9,12,14-16H,10-11H2,1-4H3/t12-,14+,15-,16+,19+/m1/s1. The summed E-state index contributed by atoms with van der Waals surface area (Å²) < 4.78 is 52.3. The zero-order valence-corrected chi connectivity index (χ0v) is 15.5. The van der Waals surface area contributed by atoms with Crippen molar-refractivity contribution in [3.05, 3.63) is 35.9 Å². The molecule has 6 heteroatoms. The van der Waals surface area contributed by atoms with E-state index in [0.717, 1.165) is 13.5 Å². The first kappa shape index (κ1) is 19.2. The molecule has 0 N–H and O–H groups in total. The lowest BCUT2D eigenvalue weighted by molar-refractivity contribution is -0.279. The topological polar surface area (TPSA) is 35.5 Å². The fourth-order valence-electron chi connectivity index (χ4n) is 4.78. The summed E-state index contributed by atoms with van der Waals surface area (Å²) in [4.78, 5) is 12.8. The van der Waals surface area contributed by atoms with Gasteiger partial charge < -0.3 is 9.47 Å². The first-order chi connectivity index (χ1) is 12.1. The maximum atomic E-state index is 14.0. The Morgan fingerprint density at radius 3 is 2.31 bits per heavy atom. The van der Waals surface area contributed by atoms with Gasteiger partial charge in [0, 0.05) is 18.6 Å². The van der Waals surface area contributed by atoms with Gasteiger partial charge in [0.25, 0.3) is 5.60 Å². The number of hydrogen-bond acceptors (Lipinski definition) is 3. The predicted molar refractivity (Wildman–Crippen MR) is 90.2 cm³/mol. The van der Waals surface area contributed by atoms with Crippen molar-refractivity contribution < 1.29 is 27.4 Å². The molecule has 0 unspecified atom stereocenters. The van der Waals surface area contributed by atoms with E-state index in [-0.39, 0.29) is 16.9 Å². The highest BCUT2D eigenvalue weighted by atomic mass is 19.4. The minimum absolute atomic E-state index is 0.00355. The Labute approximate surface area is 151 Å². The highest BCUT2D eigenvalue weighted by Gasteiger charge is 2.67. The number of rotatable bonds is 4. The number of esters is 1. The summed E-state index contributed by atoms with van der Waals surface area (Å²) >= 11 is 0. The molecule has 0 amide bonds. The summed E-state index contributed by atoms with van der Waals surface area (Å²) in [6.45, 7) is 6.23. The predicted octanol–water partition coefficient (Wildman–Crippen LogP) is 4.70. The van der Waals surface area contributed by atoms with E-state index in [2.05, 4.69) is 20.8 Å². The fourth-order valence-corrected chi connectivity index (χ4v) is 4.78. The molecule has 0 radical (unpaired) electrons. The third-order valence-electron chi connectivity index (χ3n) is 6.26. The smallest absolute Gasteiger partial charge is 0.432 e. The molecule has 3 rings (SSSR count). The second kappa shape index (κ2) is 6.25. The van der Waals surface area contributed by atoms with Crippen molar-refractivity contribution in [2.24, 2.45) is 23.2 Å². The number of methoxy groups -OCH3 is 1. The lowest BCUT2D eigenvalue weighted by Gasteiger charge is -2.35. The van der Waals surface area contributed by atoms with Crippen LogP contribution in [0.5, 0.6) is 0 Å². The van der Waals surface area contributed by atoms with E-state index >= 15 is 0 Å². The van der Waals surface area contributed by atoms with Crippen LogP contribution in [0.15, 0.2) is 30.3 Å². The lowest BCUT2D eigenvalue weighted by atomic mass is 9.88. The summed E-state index contributed by atoms with van der Waals surface area (Å²) in [5.74, 6) is -0.556. The number of benzene rings is 1. The van der Waals surface area contributed by atoms with E-state index in [1.807, 2.05) is 0 Å². The van der Waals surface area contributed by atoms with Crippen molar-refractivity contribution in [2.45, 2.75) is 51.5 Å². The average molecular weight is 370 g/mol. The van der Waals surface area contributed by atoms with Crippen molar-refractivity contribution in [1.82, 2.24) is 0 Å². The van der Waals surface area contributed by atoms with Gasteiger partial charge in [0.1, 0.15) is 6.10 Å². The highest BCUT2D eigenvalue weighted by molar-refractivity contribution is 5.83. The Hall–Kier alpha value is -1.56. The SMILES string of the molecule is CO[C@](C(=O)O[C@@H]1C[C@H](C)C[C@H]2[C@@H]1C2(C)C)(c1ccccc1)C(F)(F)F. The summed E-state index contributed by atoms with van der Waals surface area (Å²) in [5.41, 5.74) is -3.38. The van der Waals surface area contributed by atoms with Crippen LogP contribution >= 0.6 is 0 Å². The van der Waals surface area contributed by atoms with Crippen LogP contribution in [0.1, 0.15) is 39.2 Å². The molecule has 26 heavy (non-hydrogen) atoms. The number of ether oxygens (including phenoxy) is 2. The zero-order chi connectivity index (χ0) is 19.3. The molecule has 0 aromatic heterocycles. The molecule has 0 aliphatic heterocycles. The van der Waals surface area contributed by atoms with E-state index in [4.69, 9.17) is 9.47 Å². The summed E-state index contributed by atoms with van der Waals surface area (Å²) in [6, 6.07) is 6.97. The molecule has 1 aromatic rings. The third kappa shape index (κ3) is 2.82. The van der Waals surface area contributed by atoms with Gasteiger partial charge in [0.2, 0.25) is 0 Å². The van der Waals surface area contributed by atoms with Gasteiger partial charge >= 0.3 is 12.1 Å². The van der Waals surface area contributed by atoms with E-state index in [9.17, 15) is 18.0 Å². The molecule has 2 aliphatic carbocycles. The number of alkyl halides is 3.